The quantitative estimate of drug-likeness (QED) is 0.0128. The molecule has 2 heterocycles. The van der Waals surface area contributed by atoms with Crippen LogP contribution in [-0.2, 0) is 62.4 Å². The number of phenolic OH excluding ortho intramolecular Hbond substituents is 1. The predicted molar refractivity (Wildman–Crippen MR) is 309 cm³/mol. The first-order valence-corrected chi connectivity index (χ1v) is 28.4. The van der Waals surface area contributed by atoms with Crippen LogP contribution < -0.4 is 59.7 Å². The lowest BCUT2D eigenvalue weighted by molar-refractivity contribution is -0.142. The maximum Gasteiger partial charge on any atom is 0.326 e. The van der Waals surface area contributed by atoms with Gasteiger partial charge in [0.05, 0.1) is 25.6 Å². The van der Waals surface area contributed by atoms with E-state index >= 15 is 0 Å². The van der Waals surface area contributed by atoms with Gasteiger partial charge in [-0.1, -0.05) is 64.4 Å². The van der Waals surface area contributed by atoms with Gasteiger partial charge in [0, 0.05) is 48.4 Å². The molecule has 454 valence electrons. The zero-order valence-electron chi connectivity index (χ0n) is 47.0. The number of carboxylic acid groups (broad SMARTS) is 1. The number of aromatic hydroxyl groups is 1. The largest absolute Gasteiger partial charge is 0.508 e. The van der Waals surface area contributed by atoms with Crippen molar-refractivity contribution in [3.05, 3.63) is 84.1 Å². The van der Waals surface area contributed by atoms with Crippen molar-refractivity contribution < 1.29 is 63.6 Å². The van der Waals surface area contributed by atoms with Gasteiger partial charge < -0.3 is 90.1 Å². The van der Waals surface area contributed by atoms with Crippen molar-refractivity contribution >= 4 is 81.9 Å². The minimum absolute atomic E-state index is 0.0463. The highest BCUT2D eigenvalue weighted by molar-refractivity contribution is 7.98. The number of aliphatic imine (C=N–C) groups is 1. The maximum atomic E-state index is 14.3. The number of H-pyrrole nitrogens is 2. The molecule has 4 aromatic rings. The second-order valence-corrected chi connectivity index (χ2v) is 21.2. The highest BCUT2D eigenvalue weighted by Crippen LogP contribution is 2.20. The molecule has 29 heteroatoms. The number of benzene rings is 2. The third-order valence-corrected chi connectivity index (χ3v) is 14.2. The van der Waals surface area contributed by atoms with E-state index in [1.54, 1.807) is 40.1 Å². The first-order valence-electron chi connectivity index (χ1n) is 27.0. The van der Waals surface area contributed by atoms with Gasteiger partial charge in [0.25, 0.3) is 0 Å². The van der Waals surface area contributed by atoms with E-state index in [4.69, 9.17) is 17.2 Å². The number of thioether (sulfide) groups is 1. The van der Waals surface area contributed by atoms with Crippen molar-refractivity contribution in [3.8, 4) is 5.75 Å². The minimum atomic E-state index is -1.76. The summed E-state index contributed by atoms with van der Waals surface area (Å²) in [6.07, 6.45) is 6.50. The number of phenols is 1. The van der Waals surface area contributed by atoms with E-state index in [-0.39, 0.29) is 56.8 Å². The number of aromatic nitrogens is 3. The Morgan fingerprint density at radius 3 is 1.77 bits per heavy atom. The van der Waals surface area contributed by atoms with Crippen LogP contribution in [0.4, 0.5) is 0 Å². The van der Waals surface area contributed by atoms with Crippen LogP contribution in [0.5, 0.6) is 5.75 Å². The van der Waals surface area contributed by atoms with Gasteiger partial charge >= 0.3 is 5.97 Å². The number of aliphatic hydroxyl groups excluding tert-OH is 2. The number of aromatic amines is 2. The molecule has 4 rings (SSSR count). The van der Waals surface area contributed by atoms with Crippen molar-refractivity contribution in [2.45, 2.75) is 127 Å². The van der Waals surface area contributed by atoms with Crippen LogP contribution in [-0.4, -0.2) is 181 Å². The van der Waals surface area contributed by atoms with Gasteiger partial charge in [-0.15, -0.1) is 0 Å². The topological polar surface area (TPSA) is 466 Å². The van der Waals surface area contributed by atoms with Gasteiger partial charge in [0.2, 0.25) is 47.3 Å². The molecule has 0 radical (unpaired) electrons. The maximum absolute atomic E-state index is 14.3. The van der Waals surface area contributed by atoms with Gasteiger partial charge in [-0.25, -0.2) is 9.78 Å². The molecule has 0 unspecified atom stereocenters. The molecule has 2 aromatic carbocycles. The van der Waals surface area contributed by atoms with E-state index < -0.39 is 133 Å². The van der Waals surface area contributed by atoms with Crippen molar-refractivity contribution in [1.82, 2.24) is 57.5 Å². The first-order chi connectivity index (χ1) is 39.5. The Morgan fingerprint density at radius 1 is 0.651 bits per heavy atom. The van der Waals surface area contributed by atoms with Crippen molar-refractivity contribution in [1.29, 1.82) is 0 Å². The number of carboxylic acids is 1. The van der Waals surface area contributed by atoms with Crippen molar-refractivity contribution in [2.75, 3.05) is 31.8 Å². The Morgan fingerprint density at radius 2 is 1.19 bits per heavy atom. The first kappa shape index (κ1) is 67.2. The summed E-state index contributed by atoms with van der Waals surface area (Å²) in [5.41, 5.74) is 19.7. The SMILES string of the molecule is CC[C@H](C)[C@H](NC(=O)[C@H](CO)NC(=O)[C@H](CO)NC(=O)[C@H](CCCN=C(N)N)NC(=O)[C@@H](N)Cc1c[nH]c2ccccc12)C(=O)N[C@H](C(=O)N[C@@H](Cc1cnc[nH]1)C(=O)N[C@@H](Cc1ccc(O)cc1)C(=O)N[C@@H](CCSC)C(=O)O)C(C)C. The second-order valence-electron chi connectivity index (χ2n) is 20.2. The number of aliphatic carboxylic acids is 1. The molecule has 0 spiro atoms. The number of rotatable bonds is 35. The van der Waals surface area contributed by atoms with Crippen LogP contribution >= 0.6 is 11.8 Å². The Bertz CT molecular complexity index is 2830. The number of amides is 8. The standard InChI is InChI=1S/C54H79N15O13S/c1-6-29(4)44(69-50(78)42(26-71)67-49(77)41(25-70)66-46(74)37(12-9-18-59-54(56)57)62-45(73)35(55)21-31-23-60-36-11-8-7-10-34(31)36)52(80)68-43(28(2)3)51(79)65-40(22-32-24-58-27-61-32)48(76)64-39(20-30-13-15-33(72)16-14-30)47(75)63-38(53(81)82)17-19-83-5/h7-8,10-11,13-16,23-24,27-29,35,37-44,60,70-72H,6,9,12,17-22,25-26,55H2,1-5H3,(H,58,61)(H,62,73)(H,63,75)(H,64,76)(H,65,79)(H,66,74)(H,67,77)(H,68,80)(H,69,78)(H,81,82)(H4,56,57,59)/t29-,35-,37-,38-,39-,40-,41-,42-,43-,44-/m0/s1. The van der Waals surface area contributed by atoms with Crippen molar-refractivity contribution in [2.24, 2.45) is 34.0 Å². The zero-order chi connectivity index (χ0) is 61.3. The molecule has 0 aliphatic rings. The molecule has 0 saturated carbocycles. The zero-order valence-corrected chi connectivity index (χ0v) is 47.8. The van der Waals surface area contributed by atoms with Gasteiger partial charge in [0.1, 0.15) is 54.1 Å². The van der Waals surface area contributed by atoms with Crippen LogP contribution in [0.25, 0.3) is 10.9 Å². The Kier molecular flexibility index (Phi) is 27.2. The van der Waals surface area contributed by atoms with Crippen LogP contribution in [0.2, 0.25) is 0 Å². The summed E-state index contributed by atoms with van der Waals surface area (Å²) in [7, 11) is 0. The fourth-order valence-electron chi connectivity index (χ4n) is 8.55. The average molecular weight is 1180 g/mol. The molecule has 20 N–H and O–H groups in total. The minimum Gasteiger partial charge on any atom is -0.508 e. The summed E-state index contributed by atoms with van der Waals surface area (Å²) in [6, 6.07) is 0.354. The number of carbonyl (C=O) groups is 9. The molecule has 0 saturated heterocycles. The number of carbonyl (C=O) groups excluding carboxylic acids is 8. The number of guanidine groups is 1. The monoisotopic (exact) mass is 1180 g/mol. The van der Waals surface area contributed by atoms with Crippen LogP contribution in [0.15, 0.2) is 72.2 Å². The summed E-state index contributed by atoms with van der Waals surface area (Å²) in [6.45, 7) is 4.60. The summed E-state index contributed by atoms with van der Waals surface area (Å²) < 4.78 is 0. The van der Waals surface area contributed by atoms with E-state index in [2.05, 4.69) is 62.5 Å². The van der Waals surface area contributed by atoms with E-state index in [0.717, 1.165) is 16.5 Å². The molecule has 0 bridgehead atoms. The molecule has 0 aliphatic heterocycles. The van der Waals surface area contributed by atoms with Gasteiger partial charge in [-0.3, -0.25) is 43.3 Å². The number of para-hydroxylation sites is 1. The lowest BCUT2D eigenvalue weighted by Crippen LogP contribution is -2.62. The van der Waals surface area contributed by atoms with Gasteiger partial charge in [-0.2, -0.15) is 11.8 Å². The van der Waals surface area contributed by atoms with E-state index in [1.165, 1.54) is 48.6 Å². The Labute approximate surface area is 483 Å². The van der Waals surface area contributed by atoms with Crippen molar-refractivity contribution in [3.63, 3.8) is 0 Å². The molecule has 83 heavy (non-hydrogen) atoms. The molecule has 8 amide bonds. The number of nitrogens with two attached hydrogens (primary N) is 3. The average Bonchev–Trinajstić information content (AvgIpc) is 4.37. The van der Waals surface area contributed by atoms with Gasteiger partial charge in [-0.05, 0) is 78.9 Å². The highest BCUT2D eigenvalue weighted by Gasteiger charge is 2.37. The molecule has 0 aliphatic carbocycles. The number of nitrogens with one attached hydrogen (secondary N) is 10. The molecule has 10 atom stereocenters. The third-order valence-electron chi connectivity index (χ3n) is 13.5. The second kappa shape index (κ2) is 33.6. The molecule has 2 aromatic heterocycles. The third kappa shape index (κ3) is 21.2. The number of hydrogen-bond acceptors (Lipinski definition) is 16. The van der Waals surface area contributed by atoms with Crippen LogP contribution in [0.1, 0.15) is 70.2 Å². The normalized spacial score (nSPS) is 14.9. The van der Waals surface area contributed by atoms with Gasteiger partial charge in [0.15, 0.2) is 5.96 Å². The summed E-state index contributed by atoms with van der Waals surface area (Å²) in [4.78, 5) is 137. The highest BCUT2D eigenvalue weighted by atomic mass is 32.2. The predicted octanol–water partition coefficient (Wildman–Crippen LogP) is -2.59. The lowest BCUT2D eigenvalue weighted by Gasteiger charge is -2.30. The number of fused-ring (bicyclic) bond motifs is 1. The smallest absolute Gasteiger partial charge is 0.326 e. The van der Waals surface area contributed by atoms with E-state index in [9.17, 15) is 63.6 Å². The molecular formula is C54H79N15O13S. The fourth-order valence-corrected chi connectivity index (χ4v) is 9.02. The fraction of sp³-hybridized carbons (Fsp3) is 0.500. The summed E-state index contributed by atoms with van der Waals surface area (Å²) >= 11 is 1.37. The van der Waals surface area contributed by atoms with E-state index in [1.807, 2.05) is 24.3 Å². The van der Waals surface area contributed by atoms with Crippen LogP contribution in [0, 0.1) is 11.8 Å². The molecular weight excluding hydrogens is 1100 g/mol. The molecule has 0 fully saturated rings. The number of imidazole rings is 1. The summed E-state index contributed by atoms with van der Waals surface area (Å²) in [5, 5.41) is 61.5. The number of aliphatic hydroxyl groups is 2. The number of hydrogen-bond donors (Lipinski definition) is 17. The van der Waals surface area contributed by atoms with Crippen LogP contribution in [0.3, 0.4) is 0 Å². The van der Waals surface area contributed by atoms with E-state index in [0.29, 0.717) is 23.4 Å². The molecule has 28 nitrogen and oxygen atoms in total. The Hall–Kier alpha value is -8.28. The Balaban J connectivity index is 1.48. The summed E-state index contributed by atoms with van der Waals surface area (Å²) in [5.74, 6) is -9.70. The number of nitrogens with zero attached hydrogens (tertiary/aromatic N) is 2. The lowest BCUT2D eigenvalue weighted by atomic mass is 9.96.